The number of halogens is 2. The molecule has 1 atom stereocenters. The van der Waals surface area contributed by atoms with E-state index in [1.165, 1.54) is 22.8 Å². The number of benzene rings is 2. The molecule has 0 aliphatic rings. The highest BCUT2D eigenvalue weighted by atomic mass is 35.5. The second-order valence-electron chi connectivity index (χ2n) is 5.11. The topological polar surface area (TPSA) is 12.0 Å². The van der Waals surface area contributed by atoms with Crippen LogP contribution in [0.25, 0.3) is 0 Å². The van der Waals surface area contributed by atoms with Crippen molar-refractivity contribution in [3.8, 4) is 0 Å². The maximum Gasteiger partial charge on any atom is 0.142 e. The number of aryl methyl sites for hydroxylation is 2. The molecule has 3 heteroatoms. The molecule has 0 spiro atoms. The lowest BCUT2D eigenvalue weighted by Crippen LogP contribution is -2.19. The Balaban J connectivity index is 2.28. The summed E-state index contributed by atoms with van der Waals surface area (Å²) in [6, 6.07) is 11.3. The minimum absolute atomic E-state index is 0.000283. The van der Waals surface area contributed by atoms with Gasteiger partial charge in [0.15, 0.2) is 0 Å². The fraction of sp³-hybridized carbons (Fsp3) is 0.294. The molecular weight excluding hydrogens is 273 g/mol. The minimum atomic E-state index is -0.371. The molecule has 0 heterocycles. The molecule has 1 unspecified atom stereocenters. The van der Waals surface area contributed by atoms with Crippen molar-refractivity contribution in [2.75, 3.05) is 7.05 Å². The van der Waals surface area contributed by atoms with E-state index >= 15 is 0 Å². The van der Waals surface area contributed by atoms with Gasteiger partial charge in [-0.15, -0.1) is 0 Å². The van der Waals surface area contributed by atoms with E-state index in [4.69, 9.17) is 11.6 Å². The Morgan fingerprint density at radius 3 is 2.55 bits per heavy atom. The minimum Gasteiger partial charge on any atom is -0.313 e. The summed E-state index contributed by atoms with van der Waals surface area (Å²) < 4.78 is 13.6. The Hall–Kier alpha value is -1.38. The molecule has 0 aliphatic carbocycles. The molecule has 0 saturated heterocycles. The van der Waals surface area contributed by atoms with Gasteiger partial charge in [-0.2, -0.15) is 0 Å². The van der Waals surface area contributed by atoms with Crippen LogP contribution in [0.3, 0.4) is 0 Å². The average molecular weight is 292 g/mol. The average Bonchev–Trinajstić information content (AvgIpc) is 2.43. The van der Waals surface area contributed by atoms with Crippen molar-refractivity contribution in [1.29, 1.82) is 0 Å². The second kappa shape index (κ2) is 6.38. The van der Waals surface area contributed by atoms with Crippen molar-refractivity contribution >= 4 is 11.6 Å². The zero-order chi connectivity index (χ0) is 14.7. The maximum atomic E-state index is 13.6. The number of hydrogen-bond acceptors (Lipinski definition) is 1. The molecule has 20 heavy (non-hydrogen) atoms. The summed E-state index contributed by atoms with van der Waals surface area (Å²) >= 11 is 6.07. The van der Waals surface area contributed by atoms with Crippen molar-refractivity contribution < 1.29 is 4.39 Å². The Bertz CT molecular complexity index is 610. The molecule has 0 amide bonds. The van der Waals surface area contributed by atoms with Crippen LogP contribution in [0.2, 0.25) is 5.02 Å². The third kappa shape index (κ3) is 3.20. The molecule has 2 rings (SSSR count). The van der Waals surface area contributed by atoms with Gasteiger partial charge in [0.1, 0.15) is 5.82 Å². The van der Waals surface area contributed by atoms with Crippen molar-refractivity contribution in [3.05, 3.63) is 69.5 Å². The van der Waals surface area contributed by atoms with Gasteiger partial charge >= 0.3 is 0 Å². The summed E-state index contributed by atoms with van der Waals surface area (Å²) in [6.07, 6.45) is 0.779. The van der Waals surface area contributed by atoms with Gasteiger partial charge in [0, 0.05) is 6.04 Å². The van der Waals surface area contributed by atoms with E-state index in [1.54, 1.807) is 6.07 Å². The summed E-state index contributed by atoms with van der Waals surface area (Å²) in [5.41, 5.74) is 4.56. The highest BCUT2D eigenvalue weighted by Gasteiger charge is 2.16. The molecule has 2 aromatic carbocycles. The van der Waals surface area contributed by atoms with E-state index in [-0.39, 0.29) is 16.9 Å². The SMILES string of the molecule is CNC(Cc1ccc(C)c(C)c1)c1cccc(F)c1Cl. The van der Waals surface area contributed by atoms with Crippen molar-refractivity contribution in [3.63, 3.8) is 0 Å². The first kappa shape index (κ1) is 15.0. The van der Waals surface area contributed by atoms with E-state index in [0.717, 1.165) is 12.0 Å². The van der Waals surface area contributed by atoms with Gasteiger partial charge in [0.2, 0.25) is 0 Å². The van der Waals surface area contributed by atoms with Crippen LogP contribution in [-0.4, -0.2) is 7.05 Å². The van der Waals surface area contributed by atoms with Gasteiger partial charge in [-0.3, -0.25) is 0 Å². The molecule has 2 aromatic rings. The summed E-state index contributed by atoms with van der Waals surface area (Å²) in [7, 11) is 1.87. The first-order valence-electron chi connectivity index (χ1n) is 6.70. The van der Waals surface area contributed by atoms with E-state index in [1.807, 2.05) is 13.1 Å². The van der Waals surface area contributed by atoms with Crippen LogP contribution in [0.15, 0.2) is 36.4 Å². The molecule has 0 aliphatic heterocycles. The highest BCUT2D eigenvalue weighted by molar-refractivity contribution is 6.31. The number of hydrogen-bond donors (Lipinski definition) is 1. The van der Waals surface area contributed by atoms with E-state index in [0.29, 0.717) is 0 Å². The van der Waals surface area contributed by atoms with Gasteiger partial charge in [0.05, 0.1) is 5.02 Å². The fourth-order valence-corrected chi connectivity index (χ4v) is 2.58. The Morgan fingerprint density at radius 1 is 1.15 bits per heavy atom. The van der Waals surface area contributed by atoms with Gasteiger partial charge < -0.3 is 5.32 Å². The number of nitrogens with one attached hydrogen (secondary N) is 1. The second-order valence-corrected chi connectivity index (χ2v) is 5.49. The van der Waals surface area contributed by atoms with Gasteiger partial charge in [-0.25, -0.2) is 4.39 Å². The molecular formula is C17H19ClFN. The molecule has 0 saturated carbocycles. The third-order valence-corrected chi connectivity index (χ3v) is 4.12. The first-order chi connectivity index (χ1) is 9.52. The van der Waals surface area contributed by atoms with E-state index in [2.05, 4.69) is 37.4 Å². The van der Waals surface area contributed by atoms with Crippen LogP contribution in [0.4, 0.5) is 4.39 Å². The van der Waals surface area contributed by atoms with Gasteiger partial charge in [-0.1, -0.05) is 41.9 Å². The molecule has 1 N–H and O–H groups in total. The standard InChI is InChI=1S/C17H19ClFN/c1-11-7-8-13(9-12(11)2)10-16(20-3)14-5-4-6-15(19)17(14)18/h4-9,16,20H,10H2,1-3H3. The predicted molar refractivity (Wildman–Crippen MR) is 82.8 cm³/mol. The fourth-order valence-electron chi connectivity index (χ4n) is 2.32. The van der Waals surface area contributed by atoms with Crippen molar-refractivity contribution in [1.82, 2.24) is 5.32 Å². The molecule has 106 valence electrons. The van der Waals surface area contributed by atoms with Crippen molar-refractivity contribution in [2.24, 2.45) is 0 Å². The summed E-state index contributed by atoms with van der Waals surface area (Å²) in [4.78, 5) is 0. The maximum absolute atomic E-state index is 13.6. The molecule has 1 nitrogen and oxygen atoms in total. The smallest absolute Gasteiger partial charge is 0.142 e. The first-order valence-corrected chi connectivity index (χ1v) is 7.08. The van der Waals surface area contributed by atoms with Gasteiger partial charge in [-0.05, 0) is 55.6 Å². The number of rotatable bonds is 4. The lowest BCUT2D eigenvalue weighted by atomic mass is 9.96. The Morgan fingerprint density at radius 2 is 1.90 bits per heavy atom. The van der Waals surface area contributed by atoms with E-state index < -0.39 is 0 Å². The zero-order valence-electron chi connectivity index (χ0n) is 12.0. The van der Waals surface area contributed by atoms with E-state index in [9.17, 15) is 4.39 Å². The van der Waals surface area contributed by atoms with Crippen LogP contribution >= 0.6 is 11.6 Å². The molecule has 0 bridgehead atoms. The Labute approximate surface area is 124 Å². The van der Waals surface area contributed by atoms with Crippen LogP contribution < -0.4 is 5.32 Å². The lowest BCUT2D eigenvalue weighted by Gasteiger charge is -2.19. The van der Waals surface area contributed by atoms with Crippen LogP contribution in [0.5, 0.6) is 0 Å². The largest absolute Gasteiger partial charge is 0.313 e. The molecule has 0 fully saturated rings. The molecule has 0 aromatic heterocycles. The third-order valence-electron chi connectivity index (χ3n) is 3.72. The normalized spacial score (nSPS) is 12.4. The molecule has 0 radical (unpaired) electrons. The van der Waals surface area contributed by atoms with Crippen molar-refractivity contribution in [2.45, 2.75) is 26.3 Å². The van der Waals surface area contributed by atoms with Crippen LogP contribution in [0.1, 0.15) is 28.3 Å². The quantitative estimate of drug-likeness (QED) is 0.868. The Kier molecular flexibility index (Phi) is 4.79. The zero-order valence-corrected chi connectivity index (χ0v) is 12.8. The summed E-state index contributed by atoms with van der Waals surface area (Å²) in [6.45, 7) is 4.19. The summed E-state index contributed by atoms with van der Waals surface area (Å²) in [5.74, 6) is -0.371. The lowest BCUT2D eigenvalue weighted by molar-refractivity contribution is 0.577. The number of likely N-dealkylation sites (N-methyl/N-ethyl adjacent to an activating group) is 1. The monoisotopic (exact) mass is 291 g/mol. The predicted octanol–water partition coefficient (Wildman–Crippen LogP) is 4.60. The summed E-state index contributed by atoms with van der Waals surface area (Å²) in [5, 5.41) is 3.42. The highest BCUT2D eigenvalue weighted by Crippen LogP contribution is 2.28. The van der Waals surface area contributed by atoms with Crippen LogP contribution in [-0.2, 0) is 6.42 Å². The van der Waals surface area contributed by atoms with Crippen LogP contribution in [0, 0.1) is 19.7 Å². The van der Waals surface area contributed by atoms with Gasteiger partial charge in [0.25, 0.3) is 0 Å².